The fraction of sp³-hybridized carbons (Fsp3) is 0.150. The molecule has 4 aromatic rings. The van der Waals surface area contributed by atoms with Crippen molar-refractivity contribution in [1.29, 1.82) is 0 Å². The zero-order chi connectivity index (χ0) is 17.7. The van der Waals surface area contributed by atoms with Crippen LogP contribution in [0.3, 0.4) is 0 Å². The number of aromatic nitrogens is 3. The van der Waals surface area contributed by atoms with Crippen LogP contribution in [0.15, 0.2) is 54.7 Å². The molecule has 2 heterocycles. The van der Waals surface area contributed by atoms with Gasteiger partial charge in [0.2, 0.25) is 5.13 Å². The first-order valence-electron chi connectivity index (χ1n) is 8.41. The molecule has 6 heteroatoms. The van der Waals surface area contributed by atoms with Gasteiger partial charge in [-0.15, -0.1) is 0 Å². The molecule has 1 aliphatic rings. The van der Waals surface area contributed by atoms with Gasteiger partial charge < -0.3 is 0 Å². The van der Waals surface area contributed by atoms with Crippen LogP contribution in [0.4, 0.5) is 0 Å². The molecule has 26 heavy (non-hydrogen) atoms. The Kier molecular flexibility index (Phi) is 3.65. The Hall–Kier alpha value is -2.50. The summed E-state index contributed by atoms with van der Waals surface area (Å²) >= 11 is 7.95. The van der Waals surface area contributed by atoms with Crippen molar-refractivity contribution in [3.63, 3.8) is 0 Å². The molecule has 128 valence electrons. The number of thiazole rings is 1. The van der Waals surface area contributed by atoms with Crippen LogP contribution in [0.2, 0.25) is 5.02 Å². The van der Waals surface area contributed by atoms with Crippen LogP contribution in [0, 0.1) is 0 Å². The van der Waals surface area contributed by atoms with Crippen LogP contribution in [0.25, 0.3) is 15.3 Å². The fourth-order valence-corrected chi connectivity index (χ4v) is 4.82. The smallest absolute Gasteiger partial charge is 0.211 e. The molecule has 4 nitrogen and oxygen atoms in total. The van der Waals surface area contributed by atoms with E-state index in [-0.39, 0.29) is 11.7 Å². The van der Waals surface area contributed by atoms with Crippen LogP contribution in [0.5, 0.6) is 0 Å². The van der Waals surface area contributed by atoms with E-state index in [0.29, 0.717) is 17.0 Å². The monoisotopic (exact) mass is 379 g/mol. The summed E-state index contributed by atoms with van der Waals surface area (Å²) in [5.74, 6) is 0.178. The van der Waals surface area contributed by atoms with Crippen molar-refractivity contribution >= 4 is 38.9 Å². The number of hydrogen-bond donors (Lipinski definition) is 0. The third kappa shape index (κ3) is 2.47. The van der Waals surface area contributed by atoms with Gasteiger partial charge in [-0.1, -0.05) is 53.3 Å². The van der Waals surface area contributed by atoms with Gasteiger partial charge in [0.15, 0.2) is 5.78 Å². The quantitative estimate of drug-likeness (QED) is 0.489. The Balaban J connectivity index is 1.60. The Bertz CT molecular complexity index is 1110. The van der Waals surface area contributed by atoms with Crippen molar-refractivity contribution in [2.75, 3.05) is 0 Å². The first kappa shape index (κ1) is 15.7. The first-order valence-corrected chi connectivity index (χ1v) is 9.60. The SMILES string of the molecule is O=C1C[C@@H](c2ccccc2Cl)Cc2c1cnn2-c1nc2ccccc2s1. The number of benzene rings is 2. The number of para-hydroxylation sites is 1. The molecule has 0 fully saturated rings. The molecule has 0 aliphatic heterocycles. The van der Waals surface area contributed by atoms with Gasteiger partial charge in [-0.25, -0.2) is 9.67 Å². The van der Waals surface area contributed by atoms with Gasteiger partial charge in [0.25, 0.3) is 0 Å². The topological polar surface area (TPSA) is 47.8 Å². The summed E-state index contributed by atoms with van der Waals surface area (Å²) < 4.78 is 2.93. The Morgan fingerprint density at radius 3 is 2.73 bits per heavy atom. The Labute approximate surface area is 159 Å². The number of fused-ring (bicyclic) bond motifs is 2. The van der Waals surface area contributed by atoms with Crippen LogP contribution < -0.4 is 0 Å². The molecule has 0 bridgehead atoms. The van der Waals surface area contributed by atoms with Crippen molar-refractivity contribution in [2.24, 2.45) is 0 Å². The highest BCUT2D eigenvalue weighted by atomic mass is 35.5. The maximum absolute atomic E-state index is 12.7. The number of nitrogens with zero attached hydrogens (tertiary/aromatic N) is 3. The highest BCUT2D eigenvalue weighted by Gasteiger charge is 2.31. The lowest BCUT2D eigenvalue weighted by molar-refractivity contribution is 0.0964. The van der Waals surface area contributed by atoms with Crippen LogP contribution in [-0.2, 0) is 6.42 Å². The normalized spacial score (nSPS) is 16.8. The fourth-order valence-electron chi connectivity index (χ4n) is 3.58. The third-order valence-electron chi connectivity index (χ3n) is 4.85. The number of carbonyl (C=O) groups excluding carboxylic acids is 1. The number of rotatable bonds is 2. The first-order chi connectivity index (χ1) is 12.7. The van der Waals surface area contributed by atoms with Crippen molar-refractivity contribution in [3.05, 3.63) is 76.6 Å². The minimum atomic E-state index is 0.0635. The minimum Gasteiger partial charge on any atom is -0.294 e. The lowest BCUT2D eigenvalue weighted by atomic mass is 9.82. The molecule has 1 aliphatic carbocycles. The summed E-state index contributed by atoms with van der Waals surface area (Å²) in [6, 6.07) is 15.8. The van der Waals surface area contributed by atoms with E-state index in [1.54, 1.807) is 17.5 Å². The number of carbonyl (C=O) groups is 1. The molecule has 0 N–H and O–H groups in total. The van der Waals surface area contributed by atoms with Crippen molar-refractivity contribution in [3.8, 4) is 5.13 Å². The van der Waals surface area contributed by atoms with Gasteiger partial charge >= 0.3 is 0 Å². The largest absolute Gasteiger partial charge is 0.294 e. The molecule has 2 aromatic carbocycles. The summed E-state index contributed by atoms with van der Waals surface area (Å²) in [7, 11) is 0. The summed E-state index contributed by atoms with van der Waals surface area (Å²) in [5.41, 5.74) is 3.59. The summed E-state index contributed by atoms with van der Waals surface area (Å²) in [6.45, 7) is 0. The molecule has 0 saturated carbocycles. The maximum Gasteiger partial charge on any atom is 0.211 e. The number of Topliss-reactive ketones (excluding diaryl/α,β-unsaturated/α-hetero) is 1. The van der Waals surface area contributed by atoms with E-state index in [2.05, 4.69) is 10.1 Å². The second kappa shape index (κ2) is 6.04. The maximum atomic E-state index is 12.7. The number of ketones is 1. The minimum absolute atomic E-state index is 0.0635. The summed E-state index contributed by atoms with van der Waals surface area (Å²) in [4.78, 5) is 17.4. The zero-order valence-corrected chi connectivity index (χ0v) is 15.3. The molecule has 0 amide bonds. The predicted molar refractivity (Wildman–Crippen MR) is 104 cm³/mol. The number of hydrogen-bond acceptors (Lipinski definition) is 4. The molecule has 0 saturated heterocycles. The molecule has 5 rings (SSSR count). The van der Waals surface area contributed by atoms with Gasteiger partial charge in [0.05, 0.1) is 27.7 Å². The van der Waals surface area contributed by atoms with E-state index in [9.17, 15) is 4.79 Å². The van der Waals surface area contributed by atoms with Gasteiger partial charge in [0.1, 0.15) is 0 Å². The average Bonchev–Trinajstić information content (AvgIpc) is 3.25. The molecule has 0 spiro atoms. The highest BCUT2D eigenvalue weighted by Crippen LogP contribution is 2.37. The second-order valence-electron chi connectivity index (χ2n) is 6.43. The Morgan fingerprint density at radius 2 is 1.88 bits per heavy atom. The van der Waals surface area contributed by atoms with Gasteiger partial charge in [-0.05, 0) is 36.1 Å². The third-order valence-corrected chi connectivity index (χ3v) is 6.21. The van der Waals surface area contributed by atoms with E-state index in [1.807, 2.05) is 53.2 Å². The van der Waals surface area contributed by atoms with Gasteiger partial charge in [0, 0.05) is 11.4 Å². The average molecular weight is 380 g/mol. The molecule has 2 aromatic heterocycles. The van der Waals surface area contributed by atoms with Crippen molar-refractivity contribution < 1.29 is 4.79 Å². The molecule has 0 unspecified atom stereocenters. The summed E-state index contributed by atoms with van der Waals surface area (Å²) in [6.07, 6.45) is 2.86. The van der Waals surface area contributed by atoms with E-state index in [0.717, 1.165) is 33.0 Å². The van der Waals surface area contributed by atoms with Crippen molar-refractivity contribution in [2.45, 2.75) is 18.8 Å². The second-order valence-corrected chi connectivity index (χ2v) is 7.85. The van der Waals surface area contributed by atoms with E-state index in [1.165, 1.54) is 0 Å². The zero-order valence-electron chi connectivity index (χ0n) is 13.7. The highest BCUT2D eigenvalue weighted by molar-refractivity contribution is 7.20. The predicted octanol–water partition coefficient (Wildman–Crippen LogP) is 5.05. The summed E-state index contributed by atoms with van der Waals surface area (Å²) in [5, 5.41) is 5.97. The lowest BCUT2D eigenvalue weighted by Crippen LogP contribution is -2.20. The standard InChI is InChI=1S/C20H14ClN3OS/c21-15-6-2-1-5-13(15)12-9-17-14(18(25)10-12)11-22-24(17)20-23-16-7-3-4-8-19(16)26-20/h1-8,11-12H,9-10H2/t12-/m0/s1. The molecule has 1 atom stereocenters. The molecular weight excluding hydrogens is 366 g/mol. The van der Waals surface area contributed by atoms with Crippen LogP contribution in [-0.4, -0.2) is 20.5 Å². The lowest BCUT2D eigenvalue weighted by Gasteiger charge is -2.23. The van der Waals surface area contributed by atoms with Gasteiger partial charge in [-0.2, -0.15) is 5.10 Å². The van der Waals surface area contributed by atoms with Gasteiger partial charge in [-0.3, -0.25) is 4.79 Å². The van der Waals surface area contributed by atoms with Crippen molar-refractivity contribution in [1.82, 2.24) is 14.8 Å². The van der Waals surface area contributed by atoms with Crippen LogP contribution in [0.1, 0.15) is 34.0 Å². The van der Waals surface area contributed by atoms with E-state index >= 15 is 0 Å². The Morgan fingerprint density at radius 1 is 1.08 bits per heavy atom. The molecular formula is C20H14ClN3OS. The number of halogens is 1. The van der Waals surface area contributed by atoms with Crippen LogP contribution >= 0.6 is 22.9 Å². The van der Waals surface area contributed by atoms with E-state index in [4.69, 9.17) is 11.6 Å². The van der Waals surface area contributed by atoms with E-state index < -0.39 is 0 Å². The molecule has 0 radical (unpaired) electrons.